The van der Waals surface area contributed by atoms with Crippen LogP contribution in [0.1, 0.15) is 40.7 Å². The first-order valence-corrected chi connectivity index (χ1v) is 12.2. The summed E-state index contributed by atoms with van der Waals surface area (Å²) >= 11 is 0. The van der Waals surface area contributed by atoms with Crippen LogP contribution in [-0.4, -0.2) is 112 Å². The summed E-state index contributed by atoms with van der Waals surface area (Å²) in [5.41, 5.74) is 0.615. The first-order chi connectivity index (χ1) is 18.1. The van der Waals surface area contributed by atoms with E-state index >= 15 is 0 Å². The number of benzene rings is 1. The molecule has 0 bridgehead atoms. The molecule has 38 heavy (non-hydrogen) atoms. The lowest BCUT2D eigenvalue weighted by Gasteiger charge is -2.35. The lowest BCUT2D eigenvalue weighted by atomic mass is 10.1. The van der Waals surface area contributed by atoms with Crippen molar-refractivity contribution in [3.05, 3.63) is 47.8 Å². The smallest absolute Gasteiger partial charge is 0.409 e. The van der Waals surface area contributed by atoms with Crippen LogP contribution < -0.4 is 5.32 Å². The summed E-state index contributed by atoms with van der Waals surface area (Å²) in [6.45, 7) is 2.87. The van der Waals surface area contributed by atoms with Gasteiger partial charge in [-0.15, -0.1) is 0 Å². The fraction of sp³-hybridized carbons (Fsp3) is 0.440. The molecule has 1 saturated heterocycles. The van der Waals surface area contributed by atoms with E-state index in [1.54, 1.807) is 51.4 Å². The van der Waals surface area contributed by atoms with Crippen LogP contribution in [-0.2, 0) is 14.3 Å². The second-order valence-corrected chi connectivity index (χ2v) is 8.83. The van der Waals surface area contributed by atoms with Crippen molar-refractivity contribution in [2.24, 2.45) is 0 Å². The molecule has 1 aromatic carbocycles. The maximum absolute atomic E-state index is 13.3. The molecule has 0 aliphatic carbocycles. The van der Waals surface area contributed by atoms with Crippen molar-refractivity contribution >= 4 is 29.8 Å². The van der Waals surface area contributed by atoms with Crippen LogP contribution in [0.25, 0.3) is 5.69 Å². The molecule has 13 heteroatoms. The average molecular weight is 529 g/mol. The highest BCUT2D eigenvalue weighted by molar-refractivity contribution is 6.00. The number of carboxylic acid groups (broad SMARTS) is 1. The number of hydrogen-bond donors (Lipinski definition) is 2. The van der Waals surface area contributed by atoms with E-state index in [9.17, 15) is 29.1 Å². The third kappa shape index (κ3) is 6.87. The van der Waals surface area contributed by atoms with Gasteiger partial charge in [0.1, 0.15) is 11.7 Å². The normalized spacial score (nSPS) is 14.0. The number of amides is 4. The molecule has 3 rings (SSSR count). The number of carboxylic acids is 1. The van der Waals surface area contributed by atoms with Gasteiger partial charge in [-0.1, -0.05) is 18.2 Å². The van der Waals surface area contributed by atoms with E-state index in [1.165, 1.54) is 25.4 Å². The Morgan fingerprint density at radius 1 is 1.05 bits per heavy atom. The third-order valence-electron chi connectivity index (χ3n) is 5.94. The minimum atomic E-state index is -1.14. The van der Waals surface area contributed by atoms with Gasteiger partial charge in [0.25, 0.3) is 11.8 Å². The molecule has 1 atom stereocenters. The van der Waals surface area contributed by atoms with E-state index in [0.717, 1.165) is 0 Å². The SMILES string of the molecule is CCOC(=O)N1CCN(C(=O)[C@H](CCC(=O)O)NC(=O)c2cc(C(=O)N(C)C)n(-c3ccccc3)n2)CC1. The molecule has 13 nitrogen and oxygen atoms in total. The Labute approximate surface area is 219 Å². The van der Waals surface area contributed by atoms with Crippen molar-refractivity contribution in [1.29, 1.82) is 0 Å². The summed E-state index contributed by atoms with van der Waals surface area (Å²) in [5.74, 6) is -2.67. The number of aromatic nitrogens is 2. The van der Waals surface area contributed by atoms with Gasteiger partial charge in [0, 0.05) is 52.8 Å². The van der Waals surface area contributed by atoms with Crippen molar-refractivity contribution in [3.63, 3.8) is 0 Å². The van der Waals surface area contributed by atoms with E-state index in [0.29, 0.717) is 5.69 Å². The van der Waals surface area contributed by atoms with Crippen molar-refractivity contribution in [3.8, 4) is 5.69 Å². The van der Waals surface area contributed by atoms with Gasteiger partial charge in [-0.25, -0.2) is 9.48 Å². The van der Waals surface area contributed by atoms with Gasteiger partial charge in [-0.3, -0.25) is 19.2 Å². The largest absolute Gasteiger partial charge is 0.481 e. The first kappa shape index (κ1) is 28.2. The number of nitrogens with one attached hydrogen (secondary N) is 1. The van der Waals surface area contributed by atoms with E-state index in [1.807, 2.05) is 0 Å². The molecular formula is C25H32N6O7. The number of nitrogens with zero attached hydrogens (tertiary/aromatic N) is 5. The molecule has 2 heterocycles. The molecule has 2 aromatic rings. The van der Waals surface area contributed by atoms with E-state index in [4.69, 9.17) is 4.74 Å². The molecular weight excluding hydrogens is 496 g/mol. The van der Waals surface area contributed by atoms with Gasteiger partial charge in [0.05, 0.1) is 12.3 Å². The van der Waals surface area contributed by atoms with Gasteiger partial charge in [-0.2, -0.15) is 5.10 Å². The van der Waals surface area contributed by atoms with Crippen molar-refractivity contribution in [1.82, 2.24) is 29.8 Å². The van der Waals surface area contributed by atoms with Crippen LogP contribution >= 0.6 is 0 Å². The Morgan fingerprint density at radius 3 is 2.26 bits per heavy atom. The predicted molar refractivity (Wildman–Crippen MR) is 135 cm³/mol. The number of rotatable bonds is 9. The summed E-state index contributed by atoms with van der Waals surface area (Å²) in [4.78, 5) is 66.7. The van der Waals surface area contributed by atoms with Gasteiger partial charge in [-0.05, 0) is 25.5 Å². The highest BCUT2D eigenvalue weighted by Gasteiger charge is 2.32. The van der Waals surface area contributed by atoms with Crippen LogP contribution in [0, 0.1) is 0 Å². The zero-order chi connectivity index (χ0) is 27.8. The second-order valence-electron chi connectivity index (χ2n) is 8.83. The minimum Gasteiger partial charge on any atom is -0.481 e. The van der Waals surface area contributed by atoms with Gasteiger partial charge in [0.15, 0.2) is 5.69 Å². The van der Waals surface area contributed by atoms with Crippen LogP contribution in [0.4, 0.5) is 4.79 Å². The molecule has 0 unspecified atom stereocenters. The lowest BCUT2D eigenvalue weighted by Crippen LogP contribution is -2.56. The Morgan fingerprint density at radius 2 is 1.68 bits per heavy atom. The second kappa shape index (κ2) is 12.7. The van der Waals surface area contributed by atoms with Gasteiger partial charge in [0.2, 0.25) is 5.91 Å². The van der Waals surface area contributed by atoms with E-state index in [2.05, 4.69) is 10.4 Å². The Hall–Kier alpha value is -4.42. The highest BCUT2D eigenvalue weighted by Crippen LogP contribution is 2.16. The molecule has 0 saturated carbocycles. The number of piperazine rings is 1. The van der Waals surface area contributed by atoms with Crippen LogP contribution in [0.5, 0.6) is 0 Å². The van der Waals surface area contributed by atoms with Gasteiger partial charge < -0.3 is 29.9 Å². The minimum absolute atomic E-state index is 0.0979. The standard InChI is InChI=1S/C25H32N6O7/c1-4-38-25(37)30-14-12-29(13-15-30)23(35)18(10-11-21(32)33)26-22(34)19-16-20(24(36)28(2)3)31(27-19)17-8-6-5-7-9-17/h5-9,16,18H,4,10-15H2,1-3H3,(H,26,34)(H,32,33)/t18-/m0/s1. The number of carbonyl (C=O) groups excluding carboxylic acids is 4. The van der Waals surface area contributed by atoms with Crippen molar-refractivity contribution < 1.29 is 33.8 Å². The number of carbonyl (C=O) groups is 5. The number of aliphatic carboxylic acids is 1. The average Bonchev–Trinajstić information content (AvgIpc) is 3.36. The number of hydrogen-bond acceptors (Lipinski definition) is 7. The number of ether oxygens (including phenoxy) is 1. The monoisotopic (exact) mass is 528 g/mol. The third-order valence-corrected chi connectivity index (χ3v) is 5.94. The molecule has 1 aliphatic rings. The first-order valence-electron chi connectivity index (χ1n) is 12.2. The van der Waals surface area contributed by atoms with Crippen LogP contribution in [0.3, 0.4) is 0 Å². The summed E-state index contributed by atoms with van der Waals surface area (Å²) in [5, 5.41) is 16.1. The van der Waals surface area contributed by atoms with Crippen molar-refractivity contribution in [2.75, 3.05) is 46.9 Å². The van der Waals surface area contributed by atoms with Crippen molar-refractivity contribution in [2.45, 2.75) is 25.8 Å². The fourth-order valence-electron chi connectivity index (χ4n) is 3.94. The molecule has 4 amide bonds. The predicted octanol–water partition coefficient (Wildman–Crippen LogP) is 0.838. The molecule has 1 aromatic heterocycles. The zero-order valence-electron chi connectivity index (χ0n) is 21.6. The summed E-state index contributed by atoms with van der Waals surface area (Å²) in [6.07, 6.45) is -0.948. The lowest BCUT2D eigenvalue weighted by molar-refractivity contribution is -0.138. The number of para-hydroxylation sites is 1. The molecule has 204 valence electrons. The molecule has 0 radical (unpaired) electrons. The van der Waals surface area contributed by atoms with Crippen LogP contribution in [0.15, 0.2) is 36.4 Å². The van der Waals surface area contributed by atoms with E-state index in [-0.39, 0.29) is 62.9 Å². The summed E-state index contributed by atoms with van der Waals surface area (Å²) in [6, 6.07) is 9.00. The molecule has 0 spiro atoms. The maximum Gasteiger partial charge on any atom is 0.409 e. The molecule has 1 aliphatic heterocycles. The Bertz CT molecular complexity index is 1170. The molecule has 2 N–H and O–H groups in total. The Kier molecular flexibility index (Phi) is 9.41. The molecule has 1 fully saturated rings. The maximum atomic E-state index is 13.3. The zero-order valence-corrected chi connectivity index (χ0v) is 21.6. The highest BCUT2D eigenvalue weighted by atomic mass is 16.6. The van der Waals surface area contributed by atoms with Crippen LogP contribution in [0.2, 0.25) is 0 Å². The quantitative estimate of drug-likeness (QED) is 0.485. The fourth-order valence-corrected chi connectivity index (χ4v) is 3.94. The topological polar surface area (TPSA) is 154 Å². The van der Waals surface area contributed by atoms with E-state index < -0.39 is 29.9 Å². The Balaban J connectivity index is 1.80. The summed E-state index contributed by atoms with van der Waals surface area (Å²) < 4.78 is 6.34. The summed E-state index contributed by atoms with van der Waals surface area (Å²) in [7, 11) is 3.15. The van der Waals surface area contributed by atoms with Gasteiger partial charge >= 0.3 is 12.1 Å².